The molecule has 19 heavy (non-hydrogen) atoms. The predicted octanol–water partition coefficient (Wildman–Crippen LogP) is 2.50. The smallest absolute Gasteiger partial charge is 0.230 e. The highest BCUT2D eigenvalue weighted by atomic mass is 35.5. The van der Waals surface area contributed by atoms with E-state index in [-0.39, 0.29) is 18.3 Å². The summed E-state index contributed by atoms with van der Waals surface area (Å²) < 4.78 is 0. The molecule has 0 spiro atoms. The van der Waals surface area contributed by atoms with Gasteiger partial charge >= 0.3 is 0 Å². The van der Waals surface area contributed by atoms with Crippen molar-refractivity contribution in [3.05, 3.63) is 35.9 Å². The fraction of sp³-hybridized carbons (Fsp3) is 0.533. The van der Waals surface area contributed by atoms with Crippen LogP contribution in [-0.4, -0.2) is 26.0 Å². The van der Waals surface area contributed by atoms with Crippen molar-refractivity contribution < 1.29 is 4.79 Å². The highest BCUT2D eigenvalue weighted by molar-refractivity contribution is 5.88. The van der Waals surface area contributed by atoms with Crippen LogP contribution in [0.15, 0.2) is 30.3 Å². The molecule has 0 bridgehead atoms. The summed E-state index contributed by atoms with van der Waals surface area (Å²) in [6, 6.07) is 10.1. The Balaban J connectivity index is 0.00000324. The Morgan fingerprint density at radius 3 is 2.16 bits per heavy atom. The number of benzene rings is 1. The van der Waals surface area contributed by atoms with Crippen LogP contribution in [0.25, 0.3) is 0 Å². The number of amides is 1. The first-order valence-corrected chi connectivity index (χ1v) is 6.69. The minimum atomic E-state index is -0.394. The zero-order valence-electron chi connectivity index (χ0n) is 12.0. The second-order valence-electron chi connectivity index (χ2n) is 4.51. The van der Waals surface area contributed by atoms with Crippen molar-refractivity contribution in [3.8, 4) is 0 Å². The van der Waals surface area contributed by atoms with Crippen LogP contribution >= 0.6 is 12.4 Å². The van der Waals surface area contributed by atoms with Gasteiger partial charge in [-0.15, -0.1) is 12.4 Å². The van der Waals surface area contributed by atoms with E-state index >= 15 is 0 Å². The van der Waals surface area contributed by atoms with E-state index in [2.05, 4.69) is 24.5 Å². The van der Waals surface area contributed by atoms with Gasteiger partial charge in [-0.05, 0) is 25.5 Å². The summed E-state index contributed by atoms with van der Waals surface area (Å²) in [7, 11) is 1.89. The fourth-order valence-electron chi connectivity index (χ4n) is 2.34. The average molecular weight is 285 g/mol. The maximum absolute atomic E-state index is 12.5. The molecule has 1 amide bonds. The van der Waals surface area contributed by atoms with Crippen LogP contribution in [0.5, 0.6) is 0 Å². The molecule has 0 aromatic heterocycles. The fourth-order valence-corrected chi connectivity index (χ4v) is 2.34. The number of rotatable bonds is 7. The summed E-state index contributed by atoms with van der Waals surface area (Å²) in [6.07, 6.45) is 1.64. The van der Waals surface area contributed by atoms with E-state index in [0.29, 0.717) is 6.54 Å². The molecule has 2 N–H and O–H groups in total. The number of carbonyl (C=O) groups excluding carboxylic acids is 1. The van der Waals surface area contributed by atoms with Gasteiger partial charge in [0.2, 0.25) is 5.91 Å². The van der Waals surface area contributed by atoms with Gasteiger partial charge in [0.1, 0.15) is 0 Å². The van der Waals surface area contributed by atoms with Crippen molar-refractivity contribution in [2.24, 2.45) is 0 Å². The molecular weight excluding hydrogens is 260 g/mol. The van der Waals surface area contributed by atoms with E-state index < -0.39 is 5.41 Å². The van der Waals surface area contributed by atoms with Crippen molar-refractivity contribution in [2.45, 2.75) is 32.1 Å². The van der Waals surface area contributed by atoms with Gasteiger partial charge in [0.05, 0.1) is 5.41 Å². The van der Waals surface area contributed by atoms with Gasteiger partial charge in [-0.3, -0.25) is 4.79 Å². The van der Waals surface area contributed by atoms with E-state index in [0.717, 1.165) is 24.9 Å². The molecule has 1 rings (SSSR count). The lowest BCUT2D eigenvalue weighted by atomic mass is 9.75. The molecule has 0 saturated carbocycles. The third kappa shape index (κ3) is 4.22. The summed E-state index contributed by atoms with van der Waals surface area (Å²) in [5.74, 6) is 0.133. The van der Waals surface area contributed by atoms with Crippen LogP contribution in [0, 0.1) is 0 Å². The first-order chi connectivity index (χ1) is 8.71. The zero-order valence-corrected chi connectivity index (χ0v) is 12.8. The van der Waals surface area contributed by atoms with Crippen LogP contribution in [0.3, 0.4) is 0 Å². The monoisotopic (exact) mass is 284 g/mol. The number of likely N-dealkylation sites (N-methyl/N-ethyl adjacent to an activating group) is 1. The molecule has 0 heterocycles. The molecule has 0 fully saturated rings. The van der Waals surface area contributed by atoms with Gasteiger partial charge in [0, 0.05) is 13.1 Å². The van der Waals surface area contributed by atoms with E-state index in [1.54, 1.807) is 0 Å². The predicted molar refractivity (Wildman–Crippen MR) is 82.9 cm³/mol. The molecule has 0 unspecified atom stereocenters. The summed E-state index contributed by atoms with van der Waals surface area (Å²) in [5, 5.41) is 6.06. The molecule has 0 aliphatic carbocycles. The van der Waals surface area contributed by atoms with Gasteiger partial charge in [-0.1, -0.05) is 44.2 Å². The van der Waals surface area contributed by atoms with Crippen LogP contribution in [0.4, 0.5) is 0 Å². The molecule has 1 aromatic rings. The lowest BCUT2D eigenvalue weighted by Crippen LogP contribution is -2.45. The van der Waals surface area contributed by atoms with Crippen LogP contribution in [0.1, 0.15) is 32.3 Å². The maximum Gasteiger partial charge on any atom is 0.230 e. The Morgan fingerprint density at radius 1 is 1.11 bits per heavy atom. The van der Waals surface area contributed by atoms with Gasteiger partial charge in [-0.25, -0.2) is 0 Å². The Bertz CT molecular complexity index is 364. The standard InChI is InChI=1S/C15H24N2O.ClH/c1-4-15(5-2,13-9-7-6-8-10-13)14(18)17-12-11-16-3;/h6-10,16H,4-5,11-12H2,1-3H3,(H,17,18);1H. The molecule has 3 nitrogen and oxygen atoms in total. The minimum absolute atomic E-state index is 0. The van der Waals surface area contributed by atoms with Gasteiger partial charge in [-0.2, -0.15) is 0 Å². The summed E-state index contributed by atoms with van der Waals surface area (Å²) in [6.45, 7) is 5.62. The van der Waals surface area contributed by atoms with E-state index in [4.69, 9.17) is 0 Å². The van der Waals surface area contributed by atoms with Crippen LogP contribution in [0.2, 0.25) is 0 Å². The van der Waals surface area contributed by atoms with Gasteiger partial charge in [0.15, 0.2) is 0 Å². The topological polar surface area (TPSA) is 41.1 Å². The van der Waals surface area contributed by atoms with Crippen molar-refractivity contribution in [1.29, 1.82) is 0 Å². The van der Waals surface area contributed by atoms with Gasteiger partial charge in [0.25, 0.3) is 0 Å². The third-order valence-electron chi connectivity index (χ3n) is 3.63. The lowest BCUT2D eigenvalue weighted by Gasteiger charge is -2.31. The normalized spacial score (nSPS) is 10.7. The molecule has 108 valence electrons. The molecule has 0 atom stereocenters. The molecule has 0 aliphatic rings. The van der Waals surface area contributed by atoms with E-state index in [1.165, 1.54) is 0 Å². The molecule has 0 radical (unpaired) electrons. The quantitative estimate of drug-likeness (QED) is 0.756. The average Bonchev–Trinajstić information content (AvgIpc) is 2.42. The van der Waals surface area contributed by atoms with Crippen molar-refractivity contribution >= 4 is 18.3 Å². The van der Waals surface area contributed by atoms with Crippen LogP contribution in [-0.2, 0) is 10.2 Å². The Kier molecular flexibility index (Phi) is 8.44. The number of halogens is 1. The van der Waals surface area contributed by atoms with Gasteiger partial charge < -0.3 is 10.6 Å². The van der Waals surface area contributed by atoms with Crippen LogP contribution < -0.4 is 10.6 Å². The Hall–Kier alpha value is -1.06. The van der Waals surface area contributed by atoms with E-state index in [9.17, 15) is 4.79 Å². The first-order valence-electron chi connectivity index (χ1n) is 6.69. The second-order valence-corrected chi connectivity index (χ2v) is 4.51. The lowest BCUT2D eigenvalue weighted by molar-refractivity contribution is -0.127. The molecular formula is C15H25ClN2O. The number of hydrogen-bond donors (Lipinski definition) is 2. The van der Waals surface area contributed by atoms with E-state index in [1.807, 2.05) is 37.4 Å². The number of hydrogen-bond acceptors (Lipinski definition) is 2. The molecule has 0 saturated heterocycles. The van der Waals surface area contributed by atoms with Crippen molar-refractivity contribution in [2.75, 3.05) is 20.1 Å². The SMILES string of the molecule is CCC(CC)(C(=O)NCCNC)c1ccccc1.Cl. The molecule has 1 aromatic carbocycles. The Labute approximate surface area is 122 Å². The summed E-state index contributed by atoms with van der Waals surface area (Å²) in [4.78, 5) is 12.5. The zero-order chi connectivity index (χ0) is 13.4. The summed E-state index contributed by atoms with van der Waals surface area (Å²) >= 11 is 0. The van der Waals surface area contributed by atoms with Crippen molar-refractivity contribution in [1.82, 2.24) is 10.6 Å². The highest BCUT2D eigenvalue weighted by Crippen LogP contribution is 2.31. The highest BCUT2D eigenvalue weighted by Gasteiger charge is 2.36. The Morgan fingerprint density at radius 2 is 1.68 bits per heavy atom. The largest absolute Gasteiger partial charge is 0.354 e. The summed E-state index contributed by atoms with van der Waals surface area (Å²) in [5.41, 5.74) is 0.714. The minimum Gasteiger partial charge on any atom is -0.354 e. The molecule has 0 aliphatic heterocycles. The molecule has 4 heteroatoms. The third-order valence-corrected chi connectivity index (χ3v) is 3.63. The maximum atomic E-state index is 12.5. The first kappa shape index (κ1) is 17.9. The number of nitrogens with one attached hydrogen (secondary N) is 2. The number of carbonyl (C=O) groups is 1. The second kappa shape index (κ2) is 8.94. The van der Waals surface area contributed by atoms with Crippen molar-refractivity contribution in [3.63, 3.8) is 0 Å².